The van der Waals surface area contributed by atoms with Gasteiger partial charge in [-0.25, -0.2) is 0 Å². The molecule has 4 heteroatoms. The molecule has 1 aliphatic rings. The first-order chi connectivity index (χ1) is 6.98. The predicted octanol–water partition coefficient (Wildman–Crippen LogP) is 1.56. The number of fused-ring (bicyclic) bond motifs is 1. The molecule has 1 heterocycles. The van der Waals surface area contributed by atoms with Crippen LogP contribution in [0, 0.1) is 0 Å². The van der Waals surface area contributed by atoms with Crippen LogP contribution in [0.5, 0.6) is 11.5 Å². The summed E-state index contributed by atoms with van der Waals surface area (Å²) in [5.74, 6) is -0.165. The van der Waals surface area contributed by atoms with Gasteiger partial charge in [-0.15, -0.1) is 0 Å². The fraction of sp³-hybridized carbons (Fsp3) is 0.364. The van der Waals surface area contributed by atoms with Gasteiger partial charge in [0.2, 0.25) is 0 Å². The Labute approximate surface area is 87.1 Å². The van der Waals surface area contributed by atoms with Crippen LogP contribution in [0.2, 0.25) is 0 Å². The van der Waals surface area contributed by atoms with Crippen LogP contribution in [0.3, 0.4) is 0 Å². The van der Waals surface area contributed by atoms with E-state index in [1.165, 1.54) is 6.07 Å². The van der Waals surface area contributed by atoms with Crippen LogP contribution in [0.1, 0.15) is 18.9 Å². The van der Waals surface area contributed by atoms with Crippen LogP contribution in [0.25, 0.3) is 0 Å². The molecule has 0 bridgehead atoms. The van der Waals surface area contributed by atoms with Crippen molar-refractivity contribution < 1.29 is 19.7 Å². The van der Waals surface area contributed by atoms with E-state index in [2.05, 4.69) is 0 Å². The summed E-state index contributed by atoms with van der Waals surface area (Å²) < 4.78 is 5.55. The number of aromatic hydroxyl groups is 1. The third-order valence-electron chi connectivity index (χ3n) is 2.50. The summed E-state index contributed by atoms with van der Waals surface area (Å²) in [6.07, 6.45) is 0.525. The fourth-order valence-corrected chi connectivity index (χ4v) is 1.91. The Morgan fingerprint density at radius 1 is 1.60 bits per heavy atom. The number of carbonyl (C=O) groups is 1. The normalized spacial score (nSPS) is 23.3. The highest BCUT2D eigenvalue weighted by atomic mass is 16.5. The van der Waals surface area contributed by atoms with Gasteiger partial charge < -0.3 is 14.9 Å². The Bertz CT molecular complexity index is 413. The molecule has 15 heavy (non-hydrogen) atoms. The predicted molar refractivity (Wildman–Crippen MR) is 53.1 cm³/mol. The second-order valence-corrected chi connectivity index (χ2v) is 4.09. The van der Waals surface area contributed by atoms with Crippen molar-refractivity contribution in [3.8, 4) is 11.5 Å². The molecule has 0 radical (unpaired) electrons. The number of aliphatic carboxylic acids is 1. The quantitative estimate of drug-likeness (QED) is 0.774. The molecule has 1 aromatic rings. The third-order valence-corrected chi connectivity index (χ3v) is 2.50. The summed E-state index contributed by atoms with van der Waals surface area (Å²) >= 11 is 0. The standard InChI is InChI=1S/C11H12O4/c1-11(6-10(13)14)5-7-2-3-8(12)4-9(7)15-11/h2-4,12H,5-6H2,1H3,(H,13,14). The summed E-state index contributed by atoms with van der Waals surface area (Å²) in [5.41, 5.74) is 0.249. The average Bonchev–Trinajstić information content (AvgIpc) is 2.38. The average molecular weight is 208 g/mol. The van der Waals surface area contributed by atoms with Gasteiger partial charge in [-0.2, -0.15) is 0 Å². The molecule has 0 aliphatic carbocycles. The molecule has 2 N–H and O–H groups in total. The Hall–Kier alpha value is -1.71. The van der Waals surface area contributed by atoms with Crippen molar-refractivity contribution in [2.24, 2.45) is 0 Å². The van der Waals surface area contributed by atoms with Crippen LogP contribution in [0.4, 0.5) is 0 Å². The topological polar surface area (TPSA) is 66.8 Å². The summed E-state index contributed by atoms with van der Waals surface area (Å²) in [4.78, 5) is 10.6. The van der Waals surface area contributed by atoms with E-state index in [1.807, 2.05) is 0 Å². The second-order valence-electron chi connectivity index (χ2n) is 4.09. The lowest BCUT2D eigenvalue weighted by molar-refractivity contribution is -0.140. The molecule has 0 saturated carbocycles. The number of hydrogen-bond donors (Lipinski definition) is 2. The van der Waals surface area contributed by atoms with Crippen molar-refractivity contribution in [1.29, 1.82) is 0 Å². The van der Waals surface area contributed by atoms with Crippen molar-refractivity contribution in [1.82, 2.24) is 0 Å². The molecule has 0 amide bonds. The maximum atomic E-state index is 10.6. The number of benzene rings is 1. The maximum Gasteiger partial charge on any atom is 0.307 e. The van der Waals surface area contributed by atoms with Gasteiger partial charge in [0, 0.05) is 12.5 Å². The van der Waals surface area contributed by atoms with E-state index in [0.29, 0.717) is 12.2 Å². The first-order valence-corrected chi connectivity index (χ1v) is 4.71. The van der Waals surface area contributed by atoms with Gasteiger partial charge in [0.25, 0.3) is 0 Å². The summed E-state index contributed by atoms with van der Waals surface area (Å²) in [6, 6.07) is 4.86. The molecule has 0 aromatic heterocycles. The molecule has 1 atom stereocenters. The molecule has 0 fully saturated rings. The minimum Gasteiger partial charge on any atom is -0.508 e. The largest absolute Gasteiger partial charge is 0.508 e. The monoisotopic (exact) mass is 208 g/mol. The van der Waals surface area contributed by atoms with Crippen LogP contribution in [-0.2, 0) is 11.2 Å². The van der Waals surface area contributed by atoms with E-state index in [9.17, 15) is 9.90 Å². The molecule has 1 unspecified atom stereocenters. The molecule has 0 saturated heterocycles. The van der Waals surface area contributed by atoms with Gasteiger partial charge in [-0.1, -0.05) is 6.07 Å². The van der Waals surface area contributed by atoms with Gasteiger partial charge in [0.05, 0.1) is 6.42 Å². The Kier molecular flexibility index (Phi) is 2.07. The smallest absolute Gasteiger partial charge is 0.307 e. The van der Waals surface area contributed by atoms with E-state index in [4.69, 9.17) is 9.84 Å². The molecule has 1 aromatic carbocycles. The number of carboxylic acid groups (broad SMARTS) is 1. The van der Waals surface area contributed by atoms with E-state index in [0.717, 1.165) is 5.56 Å². The van der Waals surface area contributed by atoms with E-state index < -0.39 is 11.6 Å². The maximum absolute atomic E-state index is 10.6. The zero-order valence-electron chi connectivity index (χ0n) is 8.36. The second kappa shape index (κ2) is 3.15. The fourth-order valence-electron chi connectivity index (χ4n) is 1.91. The highest BCUT2D eigenvalue weighted by Gasteiger charge is 2.36. The van der Waals surface area contributed by atoms with Crippen molar-refractivity contribution >= 4 is 5.97 Å². The lowest BCUT2D eigenvalue weighted by Crippen LogP contribution is -2.33. The molecule has 2 rings (SSSR count). The van der Waals surface area contributed by atoms with Gasteiger partial charge in [0.1, 0.15) is 17.1 Å². The Morgan fingerprint density at radius 2 is 2.33 bits per heavy atom. The Balaban J connectivity index is 2.24. The van der Waals surface area contributed by atoms with Crippen molar-refractivity contribution in [3.05, 3.63) is 23.8 Å². The molecule has 1 aliphatic heterocycles. The molecule has 4 nitrogen and oxygen atoms in total. The van der Waals surface area contributed by atoms with E-state index in [1.54, 1.807) is 19.1 Å². The van der Waals surface area contributed by atoms with Crippen LogP contribution in [-0.4, -0.2) is 21.8 Å². The molecular weight excluding hydrogens is 196 g/mol. The Morgan fingerprint density at radius 3 is 3.00 bits per heavy atom. The van der Waals surface area contributed by atoms with Crippen LogP contribution < -0.4 is 4.74 Å². The SMILES string of the molecule is CC1(CC(=O)O)Cc2ccc(O)cc2O1. The zero-order valence-corrected chi connectivity index (χ0v) is 8.36. The van der Waals surface area contributed by atoms with Crippen LogP contribution in [0.15, 0.2) is 18.2 Å². The lowest BCUT2D eigenvalue weighted by Gasteiger charge is -2.21. The number of ether oxygens (including phenoxy) is 1. The zero-order chi connectivity index (χ0) is 11.1. The van der Waals surface area contributed by atoms with Gasteiger partial charge in [0.15, 0.2) is 0 Å². The first-order valence-electron chi connectivity index (χ1n) is 4.71. The number of phenols is 1. The van der Waals surface area contributed by atoms with E-state index in [-0.39, 0.29) is 12.2 Å². The highest BCUT2D eigenvalue weighted by molar-refractivity contribution is 5.68. The summed E-state index contributed by atoms with van der Waals surface area (Å²) in [7, 11) is 0. The minimum absolute atomic E-state index is 0.0392. The van der Waals surface area contributed by atoms with Crippen molar-refractivity contribution in [2.75, 3.05) is 0 Å². The number of rotatable bonds is 2. The van der Waals surface area contributed by atoms with Gasteiger partial charge >= 0.3 is 5.97 Å². The highest BCUT2D eigenvalue weighted by Crippen LogP contribution is 2.38. The van der Waals surface area contributed by atoms with Gasteiger partial charge in [-0.3, -0.25) is 4.79 Å². The summed E-state index contributed by atoms with van der Waals surface area (Å²) in [5, 5.41) is 18.0. The lowest BCUT2D eigenvalue weighted by atomic mass is 9.96. The van der Waals surface area contributed by atoms with Crippen molar-refractivity contribution in [3.63, 3.8) is 0 Å². The summed E-state index contributed by atoms with van der Waals surface area (Å²) in [6.45, 7) is 1.76. The van der Waals surface area contributed by atoms with Crippen LogP contribution >= 0.6 is 0 Å². The number of phenolic OH excluding ortho intramolecular Hbond substituents is 1. The van der Waals surface area contributed by atoms with E-state index >= 15 is 0 Å². The molecular formula is C11H12O4. The van der Waals surface area contributed by atoms with Crippen molar-refractivity contribution in [2.45, 2.75) is 25.4 Å². The molecule has 0 spiro atoms. The van der Waals surface area contributed by atoms with Gasteiger partial charge in [-0.05, 0) is 18.6 Å². The third kappa shape index (κ3) is 1.88. The molecule has 80 valence electrons. The number of hydrogen-bond acceptors (Lipinski definition) is 3. The number of carboxylic acids is 1. The minimum atomic E-state index is -0.880. The first kappa shape index (κ1) is 9.83.